The number of pyridine rings is 1. The monoisotopic (exact) mass is 381 g/mol. The van der Waals surface area contributed by atoms with Crippen molar-refractivity contribution in [2.75, 3.05) is 12.8 Å². The number of hydrogen-bond acceptors (Lipinski definition) is 4. The Kier molecular flexibility index (Phi) is 5.96. The van der Waals surface area contributed by atoms with E-state index in [9.17, 15) is 9.59 Å². The van der Waals surface area contributed by atoms with Gasteiger partial charge in [0.05, 0.1) is 11.4 Å². The van der Waals surface area contributed by atoms with Crippen molar-refractivity contribution in [3.8, 4) is 0 Å². The number of rotatable bonds is 6. The van der Waals surface area contributed by atoms with Gasteiger partial charge >= 0.3 is 0 Å². The maximum Gasteiger partial charge on any atom is 0.258 e. The Morgan fingerprint density at radius 2 is 1.81 bits per heavy atom. The lowest BCUT2D eigenvalue weighted by Crippen LogP contribution is -2.27. The molecule has 6 heteroatoms. The Bertz CT molecular complexity index is 1010. The lowest BCUT2D eigenvalue weighted by atomic mass is 10.1. The first-order valence-corrected chi connectivity index (χ1v) is 9.94. The molecular formula is C21H23N3O2S. The minimum atomic E-state index is -0.0953. The van der Waals surface area contributed by atoms with Crippen molar-refractivity contribution in [3.63, 3.8) is 0 Å². The van der Waals surface area contributed by atoms with Crippen LogP contribution in [-0.2, 0) is 17.1 Å². The van der Waals surface area contributed by atoms with Crippen LogP contribution in [0.15, 0.2) is 53.5 Å². The van der Waals surface area contributed by atoms with Crippen molar-refractivity contribution in [2.24, 2.45) is 0 Å². The highest BCUT2D eigenvalue weighted by Gasteiger charge is 2.10. The van der Waals surface area contributed by atoms with Gasteiger partial charge in [0.25, 0.3) is 5.56 Å². The third kappa shape index (κ3) is 4.98. The van der Waals surface area contributed by atoms with Gasteiger partial charge in [-0.2, -0.15) is 0 Å². The highest BCUT2D eigenvalue weighted by Crippen LogP contribution is 2.12. The third-order valence-corrected chi connectivity index (χ3v) is 5.25. The van der Waals surface area contributed by atoms with Gasteiger partial charge in [0, 0.05) is 31.6 Å². The minimum absolute atomic E-state index is 0.0636. The first-order chi connectivity index (χ1) is 12.9. The van der Waals surface area contributed by atoms with Gasteiger partial charge in [-0.25, -0.2) is 4.98 Å². The first kappa shape index (κ1) is 19.2. The number of amides is 1. The van der Waals surface area contributed by atoms with Crippen LogP contribution in [0.5, 0.6) is 0 Å². The van der Waals surface area contributed by atoms with Gasteiger partial charge < -0.3 is 4.90 Å². The Morgan fingerprint density at radius 1 is 1.11 bits per heavy atom. The topological polar surface area (TPSA) is 54.7 Å². The molecule has 0 fully saturated rings. The van der Waals surface area contributed by atoms with Crippen molar-refractivity contribution in [3.05, 3.63) is 81.4 Å². The van der Waals surface area contributed by atoms with Crippen LogP contribution in [0.1, 0.15) is 22.4 Å². The summed E-state index contributed by atoms with van der Waals surface area (Å²) in [4.78, 5) is 30.8. The molecule has 0 radical (unpaired) electrons. The van der Waals surface area contributed by atoms with E-state index in [0.717, 1.165) is 11.1 Å². The molecular weight excluding hydrogens is 358 g/mol. The van der Waals surface area contributed by atoms with E-state index in [1.807, 2.05) is 57.3 Å². The van der Waals surface area contributed by atoms with Gasteiger partial charge in [0.1, 0.15) is 5.65 Å². The zero-order chi connectivity index (χ0) is 19.4. The number of nitrogens with zero attached hydrogens (tertiary/aromatic N) is 3. The highest BCUT2D eigenvalue weighted by atomic mass is 32.2. The van der Waals surface area contributed by atoms with Gasteiger partial charge in [0.15, 0.2) is 0 Å². The lowest BCUT2D eigenvalue weighted by molar-refractivity contribution is -0.127. The van der Waals surface area contributed by atoms with Crippen LogP contribution in [0.4, 0.5) is 0 Å². The predicted octanol–water partition coefficient (Wildman–Crippen LogP) is 3.20. The number of carbonyl (C=O) groups excluding carboxylic acids is 1. The highest BCUT2D eigenvalue weighted by molar-refractivity contribution is 7.99. The molecule has 0 atom stereocenters. The molecule has 1 amide bonds. The summed E-state index contributed by atoms with van der Waals surface area (Å²) in [6, 6.07) is 13.5. The number of aromatic nitrogens is 2. The molecule has 5 nitrogen and oxygen atoms in total. The zero-order valence-corrected chi connectivity index (χ0v) is 16.6. The summed E-state index contributed by atoms with van der Waals surface area (Å²) >= 11 is 1.47. The van der Waals surface area contributed by atoms with Crippen LogP contribution in [0.2, 0.25) is 0 Å². The van der Waals surface area contributed by atoms with Crippen LogP contribution in [-0.4, -0.2) is 33.0 Å². The van der Waals surface area contributed by atoms with E-state index in [1.54, 1.807) is 21.6 Å². The molecule has 140 valence electrons. The molecule has 0 unspecified atom stereocenters. The first-order valence-electron chi connectivity index (χ1n) is 8.78. The average Bonchev–Trinajstić information content (AvgIpc) is 2.64. The molecule has 27 heavy (non-hydrogen) atoms. The molecule has 2 aromatic heterocycles. The summed E-state index contributed by atoms with van der Waals surface area (Å²) < 4.78 is 1.55. The number of fused-ring (bicyclic) bond motifs is 1. The Morgan fingerprint density at radius 3 is 2.56 bits per heavy atom. The van der Waals surface area contributed by atoms with Crippen molar-refractivity contribution in [1.82, 2.24) is 14.3 Å². The van der Waals surface area contributed by atoms with Crippen LogP contribution in [0.25, 0.3) is 5.65 Å². The number of benzene rings is 1. The third-order valence-electron chi connectivity index (χ3n) is 4.30. The molecule has 0 bridgehead atoms. The number of aryl methyl sites for hydroxylation is 2. The van der Waals surface area contributed by atoms with Gasteiger partial charge in [-0.1, -0.05) is 35.9 Å². The van der Waals surface area contributed by atoms with Crippen LogP contribution < -0.4 is 5.56 Å². The number of hydrogen-bond donors (Lipinski definition) is 0. The van der Waals surface area contributed by atoms with Gasteiger partial charge in [-0.15, -0.1) is 11.8 Å². The van der Waals surface area contributed by atoms with Crippen LogP contribution >= 0.6 is 11.8 Å². The van der Waals surface area contributed by atoms with Gasteiger partial charge in [-0.05, 0) is 31.0 Å². The Labute approximate surface area is 163 Å². The number of carbonyl (C=O) groups is 1. The quantitative estimate of drug-likeness (QED) is 0.658. The summed E-state index contributed by atoms with van der Waals surface area (Å²) in [6.45, 7) is 4.58. The molecule has 1 aromatic carbocycles. The Hall–Kier alpha value is -2.60. The van der Waals surface area contributed by atoms with Crippen LogP contribution in [0, 0.1) is 13.8 Å². The molecule has 0 aliphatic heterocycles. The van der Waals surface area contributed by atoms with Gasteiger partial charge in [0.2, 0.25) is 5.91 Å². The molecule has 2 heterocycles. The smallest absolute Gasteiger partial charge is 0.258 e. The van der Waals surface area contributed by atoms with Crippen molar-refractivity contribution < 1.29 is 4.79 Å². The van der Waals surface area contributed by atoms with Gasteiger partial charge in [-0.3, -0.25) is 14.0 Å². The largest absolute Gasteiger partial charge is 0.341 e. The summed E-state index contributed by atoms with van der Waals surface area (Å²) in [5.41, 5.74) is 4.56. The fraction of sp³-hybridized carbons (Fsp3) is 0.286. The standard InChI is InChI=1S/C21H23N3O2S/c1-15-4-7-17(8-5-15)12-23(3)21(26)14-27-13-18-10-20(25)24-11-16(2)6-9-19(24)22-18/h4-11H,12-14H2,1-3H3. The van der Waals surface area contributed by atoms with E-state index < -0.39 is 0 Å². The second-order valence-corrected chi connectivity index (χ2v) is 7.73. The summed E-state index contributed by atoms with van der Waals surface area (Å²) in [5.74, 6) is 0.954. The van der Waals surface area contributed by atoms with Crippen molar-refractivity contribution in [1.29, 1.82) is 0 Å². The van der Waals surface area contributed by atoms with E-state index in [4.69, 9.17) is 0 Å². The normalized spacial score (nSPS) is 10.9. The fourth-order valence-electron chi connectivity index (χ4n) is 2.74. The summed E-state index contributed by atoms with van der Waals surface area (Å²) in [6.07, 6.45) is 1.78. The molecule has 0 aliphatic carbocycles. The fourth-order valence-corrected chi connectivity index (χ4v) is 3.59. The molecule has 0 N–H and O–H groups in total. The molecule has 0 spiro atoms. The number of thioether (sulfide) groups is 1. The van der Waals surface area contributed by atoms with E-state index in [2.05, 4.69) is 4.98 Å². The molecule has 3 aromatic rings. The molecule has 0 saturated heterocycles. The maximum atomic E-state index is 12.3. The minimum Gasteiger partial charge on any atom is -0.341 e. The lowest BCUT2D eigenvalue weighted by Gasteiger charge is -2.17. The van der Waals surface area contributed by atoms with Crippen molar-refractivity contribution >= 4 is 23.3 Å². The molecule has 0 saturated carbocycles. The van der Waals surface area contributed by atoms with Crippen molar-refractivity contribution in [2.45, 2.75) is 26.1 Å². The molecule has 3 rings (SSSR count). The zero-order valence-electron chi connectivity index (χ0n) is 15.8. The van der Waals surface area contributed by atoms with E-state index in [-0.39, 0.29) is 11.5 Å². The Balaban J connectivity index is 1.56. The van der Waals surface area contributed by atoms with Crippen LogP contribution in [0.3, 0.4) is 0 Å². The second-order valence-electron chi connectivity index (χ2n) is 6.75. The van der Waals surface area contributed by atoms with E-state index in [0.29, 0.717) is 29.4 Å². The predicted molar refractivity (Wildman–Crippen MR) is 110 cm³/mol. The molecule has 0 aliphatic rings. The second kappa shape index (κ2) is 8.39. The van der Waals surface area contributed by atoms with E-state index in [1.165, 1.54) is 17.3 Å². The van der Waals surface area contributed by atoms with E-state index >= 15 is 0 Å². The maximum absolute atomic E-state index is 12.3. The summed E-state index contributed by atoms with van der Waals surface area (Å²) in [7, 11) is 1.81. The SMILES string of the molecule is Cc1ccc(CN(C)C(=O)CSCc2cc(=O)n3cc(C)ccc3n2)cc1. The average molecular weight is 382 g/mol. The summed E-state index contributed by atoms with van der Waals surface area (Å²) in [5, 5.41) is 0.